The molecule has 0 bridgehead atoms. The van der Waals surface area contributed by atoms with E-state index in [9.17, 15) is 0 Å². The quantitative estimate of drug-likeness (QED) is 0.487. The molecule has 0 radical (unpaired) electrons. The lowest BCUT2D eigenvalue weighted by atomic mass is 9.88. The van der Waals surface area contributed by atoms with Crippen molar-refractivity contribution in [3.63, 3.8) is 0 Å². The maximum Gasteiger partial charge on any atom is 0.191 e. The predicted molar refractivity (Wildman–Crippen MR) is 132 cm³/mol. The molecule has 0 unspecified atom stereocenters. The van der Waals surface area contributed by atoms with Crippen LogP contribution in [0, 0.1) is 0 Å². The van der Waals surface area contributed by atoms with Gasteiger partial charge in [-0.3, -0.25) is 9.89 Å². The molecule has 0 atom stereocenters. The van der Waals surface area contributed by atoms with E-state index in [0.717, 1.165) is 51.5 Å². The molecule has 0 spiro atoms. The summed E-state index contributed by atoms with van der Waals surface area (Å²) in [4.78, 5) is 7.21. The molecule has 0 saturated carbocycles. The number of hydrogen-bond donors (Lipinski definition) is 2. The minimum Gasteiger partial charge on any atom is -0.381 e. The van der Waals surface area contributed by atoms with Crippen LogP contribution in [-0.2, 0) is 4.74 Å². The molecular weight excluding hydrogens is 396 g/mol. The topological polar surface area (TPSA) is 48.9 Å². The first-order valence-electron chi connectivity index (χ1n) is 12.2. The van der Waals surface area contributed by atoms with Crippen LogP contribution in [0.3, 0.4) is 0 Å². The number of hydrogen-bond acceptors (Lipinski definition) is 3. The van der Waals surface area contributed by atoms with Gasteiger partial charge in [0.2, 0.25) is 0 Å². The minimum atomic E-state index is 0.197. The molecular formula is C27H38N4O. The van der Waals surface area contributed by atoms with Crippen LogP contribution in [0.4, 0.5) is 0 Å². The fourth-order valence-corrected chi connectivity index (χ4v) is 5.25. The van der Waals surface area contributed by atoms with Gasteiger partial charge < -0.3 is 15.4 Å². The minimum absolute atomic E-state index is 0.197. The zero-order valence-electron chi connectivity index (χ0n) is 19.4. The van der Waals surface area contributed by atoms with Gasteiger partial charge in [0.15, 0.2) is 5.96 Å². The summed E-state index contributed by atoms with van der Waals surface area (Å²) in [6, 6.07) is 21.6. The van der Waals surface area contributed by atoms with Crippen LogP contribution >= 0.6 is 0 Å². The van der Waals surface area contributed by atoms with Gasteiger partial charge in [0.25, 0.3) is 0 Å². The first-order valence-corrected chi connectivity index (χ1v) is 12.2. The number of likely N-dealkylation sites (tertiary alicyclic amines) is 1. The third-order valence-electron chi connectivity index (χ3n) is 7.14. The number of nitrogens with one attached hydrogen (secondary N) is 2. The van der Waals surface area contributed by atoms with Gasteiger partial charge >= 0.3 is 0 Å². The van der Waals surface area contributed by atoms with Crippen molar-refractivity contribution in [2.45, 2.75) is 43.6 Å². The van der Waals surface area contributed by atoms with Crippen molar-refractivity contribution in [3.8, 4) is 0 Å². The lowest BCUT2D eigenvalue weighted by molar-refractivity contribution is -0.0164. The molecule has 2 fully saturated rings. The van der Waals surface area contributed by atoms with Gasteiger partial charge in [0.1, 0.15) is 0 Å². The lowest BCUT2D eigenvalue weighted by Gasteiger charge is -2.45. The Morgan fingerprint density at radius 3 is 2.09 bits per heavy atom. The van der Waals surface area contributed by atoms with Crippen molar-refractivity contribution < 1.29 is 4.74 Å². The average molecular weight is 435 g/mol. The molecule has 32 heavy (non-hydrogen) atoms. The van der Waals surface area contributed by atoms with Crippen molar-refractivity contribution in [1.29, 1.82) is 0 Å². The molecule has 2 aliphatic rings. The zero-order valence-corrected chi connectivity index (χ0v) is 19.4. The molecule has 4 rings (SSSR count). The summed E-state index contributed by atoms with van der Waals surface area (Å²) in [5.41, 5.74) is 2.92. The Bertz CT molecular complexity index is 788. The van der Waals surface area contributed by atoms with E-state index in [1.807, 2.05) is 7.05 Å². The number of guanidine groups is 1. The molecule has 2 aromatic carbocycles. The largest absolute Gasteiger partial charge is 0.381 e. The van der Waals surface area contributed by atoms with Crippen molar-refractivity contribution in [2.24, 2.45) is 4.99 Å². The summed E-state index contributed by atoms with van der Waals surface area (Å²) in [6.07, 6.45) is 5.84. The van der Waals surface area contributed by atoms with Gasteiger partial charge in [-0.1, -0.05) is 60.7 Å². The number of rotatable bonds is 8. The molecule has 0 amide bonds. The third-order valence-corrected chi connectivity index (χ3v) is 7.14. The van der Waals surface area contributed by atoms with Crippen LogP contribution in [0.2, 0.25) is 0 Å². The zero-order chi connectivity index (χ0) is 22.1. The highest BCUT2D eigenvalue weighted by Crippen LogP contribution is 2.31. The van der Waals surface area contributed by atoms with Crippen LogP contribution in [0.25, 0.3) is 0 Å². The summed E-state index contributed by atoms with van der Waals surface area (Å²) in [5, 5.41) is 7.23. The highest BCUT2D eigenvalue weighted by atomic mass is 16.5. The third kappa shape index (κ3) is 5.70. The maximum atomic E-state index is 5.69. The maximum absolute atomic E-state index is 5.69. The van der Waals surface area contributed by atoms with E-state index >= 15 is 0 Å². The SMILES string of the molecule is CN=C(NCCC(c1ccccc1)c1ccccc1)NCC1(N2CCCC2)CCOCC1. The number of nitrogens with zero attached hydrogens (tertiary/aromatic N) is 2. The fraction of sp³-hybridized carbons (Fsp3) is 0.519. The Morgan fingerprint density at radius 2 is 1.53 bits per heavy atom. The lowest BCUT2D eigenvalue weighted by Crippen LogP contribution is -2.58. The molecule has 5 nitrogen and oxygen atoms in total. The normalized spacial score (nSPS) is 19.2. The number of benzene rings is 2. The molecule has 2 heterocycles. The van der Waals surface area contributed by atoms with E-state index in [1.165, 1.54) is 37.1 Å². The monoisotopic (exact) mass is 434 g/mol. The number of aliphatic imine (C=N–C) groups is 1. The van der Waals surface area contributed by atoms with Crippen molar-refractivity contribution in [1.82, 2.24) is 15.5 Å². The van der Waals surface area contributed by atoms with Crippen LogP contribution in [-0.4, -0.2) is 62.8 Å². The standard InChI is InChI=1S/C27H38N4O/c1-28-26(30-22-27(15-20-32-21-16-27)31-18-8-9-19-31)29-17-14-25(23-10-4-2-5-11-23)24-12-6-3-7-13-24/h2-7,10-13,25H,8-9,14-22H2,1H3,(H2,28,29,30). The predicted octanol–water partition coefficient (Wildman–Crippen LogP) is 4.02. The number of ether oxygens (including phenoxy) is 1. The van der Waals surface area contributed by atoms with Crippen molar-refractivity contribution in [3.05, 3.63) is 71.8 Å². The van der Waals surface area contributed by atoms with Crippen molar-refractivity contribution >= 4 is 5.96 Å². The Kier molecular flexibility index (Phi) is 8.18. The highest BCUT2D eigenvalue weighted by molar-refractivity contribution is 5.79. The molecule has 172 valence electrons. The van der Waals surface area contributed by atoms with Gasteiger partial charge in [-0.2, -0.15) is 0 Å². The Hall–Kier alpha value is -2.37. The molecule has 2 aliphatic heterocycles. The molecule has 2 saturated heterocycles. The first kappa shape index (κ1) is 22.8. The highest BCUT2D eigenvalue weighted by Gasteiger charge is 2.39. The summed E-state index contributed by atoms with van der Waals surface area (Å²) >= 11 is 0. The molecule has 2 N–H and O–H groups in total. The Morgan fingerprint density at radius 1 is 0.938 bits per heavy atom. The van der Waals surface area contributed by atoms with Gasteiger partial charge in [0.05, 0.1) is 0 Å². The van der Waals surface area contributed by atoms with Crippen molar-refractivity contribution in [2.75, 3.05) is 46.4 Å². The molecule has 2 aromatic rings. The second kappa shape index (κ2) is 11.5. The van der Waals surface area contributed by atoms with Gasteiger partial charge in [-0.25, -0.2) is 0 Å². The summed E-state index contributed by atoms with van der Waals surface area (Å²) in [5.74, 6) is 1.27. The smallest absolute Gasteiger partial charge is 0.191 e. The summed E-state index contributed by atoms with van der Waals surface area (Å²) in [7, 11) is 1.87. The summed E-state index contributed by atoms with van der Waals surface area (Å²) in [6.45, 7) is 5.94. The Labute approximate surface area is 193 Å². The van der Waals surface area contributed by atoms with E-state index in [4.69, 9.17) is 4.74 Å². The molecule has 0 aromatic heterocycles. The van der Waals surface area contributed by atoms with E-state index in [0.29, 0.717) is 5.92 Å². The van der Waals surface area contributed by atoms with E-state index in [2.05, 4.69) is 81.2 Å². The van der Waals surface area contributed by atoms with Crippen LogP contribution < -0.4 is 10.6 Å². The van der Waals surface area contributed by atoms with Crippen LogP contribution in [0.5, 0.6) is 0 Å². The summed E-state index contributed by atoms with van der Waals surface area (Å²) < 4.78 is 5.69. The first-order chi connectivity index (χ1) is 15.8. The second-order valence-electron chi connectivity index (χ2n) is 9.05. The second-order valence-corrected chi connectivity index (χ2v) is 9.05. The Balaban J connectivity index is 1.35. The van der Waals surface area contributed by atoms with Gasteiger partial charge in [-0.05, 0) is 56.3 Å². The molecule has 5 heteroatoms. The van der Waals surface area contributed by atoms with Crippen LogP contribution in [0.15, 0.2) is 65.7 Å². The van der Waals surface area contributed by atoms with Crippen LogP contribution in [0.1, 0.15) is 49.1 Å². The van der Waals surface area contributed by atoms with E-state index < -0.39 is 0 Å². The van der Waals surface area contributed by atoms with E-state index in [-0.39, 0.29) is 5.54 Å². The molecule has 0 aliphatic carbocycles. The fourth-order valence-electron chi connectivity index (χ4n) is 5.25. The van der Waals surface area contributed by atoms with Gasteiger partial charge in [0, 0.05) is 44.8 Å². The van der Waals surface area contributed by atoms with Gasteiger partial charge in [-0.15, -0.1) is 0 Å². The average Bonchev–Trinajstić information content (AvgIpc) is 3.41. The van der Waals surface area contributed by atoms with E-state index in [1.54, 1.807) is 0 Å².